The number of hydrogen-bond donors (Lipinski definition) is 2. The number of halogens is 1. The second-order valence-corrected chi connectivity index (χ2v) is 9.85. The van der Waals surface area contributed by atoms with Crippen LogP contribution in [-0.4, -0.2) is 52.6 Å². The summed E-state index contributed by atoms with van der Waals surface area (Å²) >= 11 is 0. The second-order valence-electron chi connectivity index (χ2n) is 7.59. The molecule has 1 rings (SSSR count). The largest absolute Gasteiger partial charge is 0.492 e. The minimum atomic E-state index is -2.95. The maximum atomic E-state index is 11.2. The molecule has 27 heavy (non-hydrogen) atoms. The summed E-state index contributed by atoms with van der Waals surface area (Å²) in [6.45, 7) is 9.59. The van der Waals surface area contributed by atoms with E-state index in [1.54, 1.807) is 7.05 Å². The standard InChI is InChI=1S/C19H33N3O3S.HI/c1-15(11-14-26(6,23)24)22-18(20-5)21-12-13-25-17-9-7-16(8-10-17)19(2,3)4;/h7-10,15H,11-14H2,1-6H3,(H2,20,21,22);1H. The fraction of sp³-hybridized carbons (Fsp3) is 0.632. The van der Waals surface area contributed by atoms with Gasteiger partial charge in [-0.1, -0.05) is 32.9 Å². The third-order valence-corrected chi connectivity index (χ3v) is 4.89. The molecule has 156 valence electrons. The van der Waals surface area contributed by atoms with Crippen molar-refractivity contribution in [3.05, 3.63) is 29.8 Å². The Morgan fingerprint density at radius 2 is 1.81 bits per heavy atom. The average Bonchev–Trinajstić information content (AvgIpc) is 2.54. The lowest BCUT2D eigenvalue weighted by Crippen LogP contribution is -2.44. The summed E-state index contributed by atoms with van der Waals surface area (Å²) in [7, 11) is -1.26. The number of hydrogen-bond acceptors (Lipinski definition) is 4. The van der Waals surface area contributed by atoms with E-state index in [9.17, 15) is 8.42 Å². The van der Waals surface area contributed by atoms with Crippen molar-refractivity contribution in [2.24, 2.45) is 4.99 Å². The highest BCUT2D eigenvalue weighted by molar-refractivity contribution is 14.0. The molecule has 1 unspecified atom stereocenters. The van der Waals surface area contributed by atoms with Gasteiger partial charge >= 0.3 is 0 Å². The molecular weight excluding hydrogens is 477 g/mol. The van der Waals surface area contributed by atoms with Gasteiger partial charge in [0.05, 0.1) is 12.3 Å². The number of guanidine groups is 1. The second kappa shape index (κ2) is 11.7. The maximum absolute atomic E-state index is 11.2. The Morgan fingerprint density at radius 1 is 1.22 bits per heavy atom. The molecule has 0 radical (unpaired) electrons. The van der Waals surface area contributed by atoms with Crippen LogP contribution in [0.5, 0.6) is 5.75 Å². The number of benzene rings is 1. The molecule has 0 saturated heterocycles. The first-order valence-corrected chi connectivity index (χ1v) is 11.0. The van der Waals surface area contributed by atoms with Crippen molar-refractivity contribution in [3.63, 3.8) is 0 Å². The molecule has 0 aromatic heterocycles. The van der Waals surface area contributed by atoms with Crippen molar-refractivity contribution < 1.29 is 13.2 Å². The summed E-state index contributed by atoms with van der Waals surface area (Å²) in [5, 5.41) is 6.35. The molecule has 2 N–H and O–H groups in total. The lowest BCUT2D eigenvalue weighted by Gasteiger charge is -2.19. The Hall–Kier alpha value is -1.03. The number of nitrogens with zero attached hydrogens (tertiary/aromatic N) is 1. The Morgan fingerprint density at radius 3 is 2.30 bits per heavy atom. The van der Waals surface area contributed by atoms with Gasteiger partial charge in [-0.3, -0.25) is 4.99 Å². The van der Waals surface area contributed by atoms with E-state index in [1.807, 2.05) is 19.1 Å². The summed E-state index contributed by atoms with van der Waals surface area (Å²) in [6.07, 6.45) is 1.79. The summed E-state index contributed by atoms with van der Waals surface area (Å²) in [5.41, 5.74) is 1.40. The first kappa shape index (κ1) is 26.0. The summed E-state index contributed by atoms with van der Waals surface area (Å²) in [6, 6.07) is 8.17. The zero-order valence-electron chi connectivity index (χ0n) is 17.2. The zero-order valence-corrected chi connectivity index (χ0v) is 20.4. The number of ether oxygens (including phenoxy) is 1. The molecule has 0 aliphatic carbocycles. The molecule has 0 fully saturated rings. The van der Waals surface area contributed by atoms with Crippen LogP contribution in [0.2, 0.25) is 0 Å². The average molecular weight is 511 g/mol. The molecule has 0 spiro atoms. The molecule has 0 amide bonds. The van der Waals surface area contributed by atoms with E-state index in [0.717, 1.165) is 5.75 Å². The Bertz CT molecular complexity index is 683. The van der Waals surface area contributed by atoms with E-state index in [1.165, 1.54) is 11.8 Å². The van der Waals surface area contributed by atoms with Crippen molar-refractivity contribution in [1.82, 2.24) is 10.6 Å². The van der Waals surface area contributed by atoms with Gasteiger partial charge in [0.15, 0.2) is 5.96 Å². The Labute approximate surface area is 181 Å². The lowest BCUT2D eigenvalue weighted by atomic mass is 9.87. The smallest absolute Gasteiger partial charge is 0.191 e. The summed E-state index contributed by atoms with van der Waals surface area (Å²) < 4.78 is 28.2. The molecule has 0 aliphatic rings. The Balaban J connectivity index is 0.00000676. The number of aliphatic imine (C=N–C) groups is 1. The monoisotopic (exact) mass is 511 g/mol. The SMILES string of the molecule is CN=C(NCCOc1ccc(C(C)(C)C)cc1)NC(C)CCS(C)(=O)=O.I. The third-order valence-electron chi connectivity index (χ3n) is 3.91. The summed E-state index contributed by atoms with van der Waals surface area (Å²) in [4.78, 5) is 4.15. The quantitative estimate of drug-likeness (QED) is 0.243. The molecule has 1 aromatic carbocycles. The van der Waals surface area contributed by atoms with Crippen molar-refractivity contribution in [2.45, 2.75) is 45.6 Å². The van der Waals surface area contributed by atoms with Crippen LogP contribution in [0.15, 0.2) is 29.3 Å². The van der Waals surface area contributed by atoms with Crippen LogP contribution in [0.3, 0.4) is 0 Å². The zero-order chi connectivity index (χ0) is 19.8. The molecule has 8 heteroatoms. The van der Waals surface area contributed by atoms with Crippen molar-refractivity contribution in [2.75, 3.05) is 32.2 Å². The van der Waals surface area contributed by atoms with Crippen LogP contribution in [0.25, 0.3) is 0 Å². The van der Waals surface area contributed by atoms with E-state index in [2.05, 4.69) is 48.5 Å². The Kier molecular flexibility index (Phi) is 11.3. The predicted molar refractivity (Wildman–Crippen MR) is 124 cm³/mol. The van der Waals surface area contributed by atoms with Crippen molar-refractivity contribution in [1.29, 1.82) is 0 Å². The van der Waals surface area contributed by atoms with Gasteiger partial charge in [0.25, 0.3) is 0 Å². The van der Waals surface area contributed by atoms with E-state index in [4.69, 9.17) is 4.74 Å². The minimum Gasteiger partial charge on any atom is -0.492 e. The van der Waals surface area contributed by atoms with E-state index in [-0.39, 0.29) is 41.2 Å². The highest BCUT2D eigenvalue weighted by Gasteiger charge is 2.13. The van der Waals surface area contributed by atoms with Crippen molar-refractivity contribution in [3.8, 4) is 5.75 Å². The molecule has 1 atom stereocenters. The van der Waals surface area contributed by atoms with Crippen LogP contribution in [-0.2, 0) is 15.3 Å². The summed E-state index contributed by atoms with van der Waals surface area (Å²) in [5.74, 6) is 1.63. The van der Waals surface area contributed by atoms with E-state index < -0.39 is 9.84 Å². The van der Waals surface area contributed by atoms with Gasteiger partial charge in [-0.05, 0) is 36.5 Å². The van der Waals surface area contributed by atoms with Gasteiger partial charge in [0.2, 0.25) is 0 Å². The van der Waals surface area contributed by atoms with Gasteiger partial charge in [-0.2, -0.15) is 0 Å². The first-order chi connectivity index (χ1) is 12.0. The van der Waals surface area contributed by atoms with E-state index >= 15 is 0 Å². The predicted octanol–water partition coefficient (Wildman–Crippen LogP) is 2.97. The molecular formula is C19H34IN3O3S. The maximum Gasteiger partial charge on any atom is 0.191 e. The van der Waals surface area contributed by atoms with Crippen LogP contribution in [0.4, 0.5) is 0 Å². The highest BCUT2D eigenvalue weighted by atomic mass is 127. The normalized spacial score (nSPS) is 13.5. The highest BCUT2D eigenvalue weighted by Crippen LogP contribution is 2.24. The number of rotatable bonds is 8. The molecule has 0 aliphatic heterocycles. The first-order valence-electron chi connectivity index (χ1n) is 8.89. The van der Waals surface area contributed by atoms with E-state index in [0.29, 0.717) is 25.5 Å². The fourth-order valence-corrected chi connectivity index (χ4v) is 3.06. The van der Waals surface area contributed by atoms with Crippen LogP contribution in [0.1, 0.15) is 39.7 Å². The fourth-order valence-electron chi connectivity index (χ4n) is 2.28. The molecule has 0 heterocycles. The third kappa shape index (κ3) is 11.4. The minimum absolute atomic E-state index is 0. The van der Waals surface area contributed by atoms with Gasteiger partial charge in [0.1, 0.15) is 22.2 Å². The van der Waals surface area contributed by atoms with Gasteiger partial charge in [0, 0.05) is 19.3 Å². The van der Waals surface area contributed by atoms with Gasteiger partial charge < -0.3 is 15.4 Å². The molecule has 0 saturated carbocycles. The van der Waals surface area contributed by atoms with Crippen molar-refractivity contribution >= 4 is 39.8 Å². The van der Waals surface area contributed by atoms with Gasteiger partial charge in [-0.25, -0.2) is 8.42 Å². The lowest BCUT2D eigenvalue weighted by molar-refractivity contribution is 0.321. The molecule has 6 nitrogen and oxygen atoms in total. The number of sulfone groups is 1. The van der Waals surface area contributed by atoms with Gasteiger partial charge in [-0.15, -0.1) is 24.0 Å². The van der Waals surface area contributed by atoms with Crippen LogP contribution >= 0.6 is 24.0 Å². The van der Waals surface area contributed by atoms with Crippen LogP contribution < -0.4 is 15.4 Å². The number of nitrogens with one attached hydrogen (secondary N) is 2. The topological polar surface area (TPSA) is 79.8 Å². The molecule has 0 bridgehead atoms. The molecule has 1 aromatic rings. The van der Waals surface area contributed by atoms with Crippen LogP contribution in [0, 0.1) is 0 Å².